The van der Waals surface area contributed by atoms with Gasteiger partial charge in [0.1, 0.15) is 11.8 Å². The summed E-state index contributed by atoms with van der Waals surface area (Å²) in [5.74, 6) is -0.870. The topological polar surface area (TPSA) is 69.9 Å². The smallest absolute Gasteiger partial charge is 0.328 e. The summed E-state index contributed by atoms with van der Waals surface area (Å²) < 4.78 is 0. The minimum atomic E-state index is -0.939. The Kier molecular flexibility index (Phi) is 4.69. The lowest BCUT2D eigenvalue weighted by Gasteiger charge is -2.13. The van der Waals surface area contributed by atoms with Gasteiger partial charge in [-0.05, 0) is 18.1 Å². The molecule has 2 N–H and O–H groups in total. The highest BCUT2D eigenvalue weighted by Gasteiger charge is 2.21. The highest BCUT2D eigenvalue weighted by atomic mass is 16.4. The van der Waals surface area contributed by atoms with Crippen molar-refractivity contribution in [2.75, 3.05) is 0 Å². The van der Waals surface area contributed by atoms with E-state index in [0.717, 1.165) is 6.42 Å². The average molecular weight is 235 g/mol. The van der Waals surface area contributed by atoms with Crippen LogP contribution in [0.1, 0.15) is 25.8 Å². The van der Waals surface area contributed by atoms with Crippen molar-refractivity contribution in [3.05, 3.63) is 29.8 Å². The lowest BCUT2D eigenvalue weighted by atomic mass is 10.00. The maximum Gasteiger partial charge on any atom is 0.328 e. The maximum absolute atomic E-state index is 11.0. The van der Waals surface area contributed by atoms with Crippen LogP contribution in [0.2, 0.25) is 0 Å². The first-order valence-corrected chi connectivity index (χ1v) is 5.60. The first kappa shape index (κ1) is 13.2. The molecule has 1 rings (SSSR count). The number of nitrogens with zero attached hydrogens (tertiary/aromatic N) is 1. The second kappa shape index (κ2) is 6.03. The van der Waals surface area contributed by atoms with Gasteiger partial charge in [0, 0.05) is 11.8 Å². The Bertz CT molecular complexity index is 415. The quantitative estimate of drug-likeness (QED) is 0.769. The second-order valence-electron chi connectivity index (χ2n) is 4.01. The molecule has 0 amide bonds. The minimum Gasteiger partial charge on any atom is -0.507 e. The van der Waals surface area contributed by atoms with E-state index in [2.05, 4.69) is 4.99 Å². The van der Waals surface area contributed by atoms with Crippen molar-refractivity contribution in [1.82, 2.24) is 0 Å². The fourth-order valence-corrected chi connectivity index (χ4v) is 1.43. The molecule has 0 heterocycles. The van der Waals surface area contributed by atoms with E-state index in [-0.39, 0.29) is 11.7 Å². The van der Waals surface area contributed by atoms with Crippen LogP contribution in [-0.4, -0.2) is 28.4 Å². The van der Waals surface area contributed by atoms with Crippen molar-refractivity contribution in [2.45, 2.75) is 26.3 Å². The van der Waals surface area contributed by atoms with Crippen LogP contribution in [0.3, 0.4) is 0 Å². The van der Waals surface area contributed by atoms with Crippen molar-refractivity contribution in [3.8, 4) is 5.75 Å². The van der Waals surface area contributed by atoms with Crippen molar-refractivity contribution >= 4 is 12.2 Å². The number of aliphatic carboxylic acids is 1. The van der Waals surface area contributed by atoms with Crippen LogP contribution in [0, 0.1) is 5.92 Å². The van der Waals surface area contributed by atoms with E-state index < -0.39 is 12.0 Å². The van der Waals surface area contributed by atoms with E-state index >= 15 is 0 Å². The Hall–Kier alpha value is -1.84. The molecule has 0 spiro atoms. The number of rotatable bonds is 5. The zero-order valence-electron chi connectivity index (χ0n) is 10.00. The van der Waals surface area contributed by atoms with E-state index in [1.54, 1.807) is 24.3 Å². The number of para-hydroxylation sites is 1. The molecule has 17 heavy (non-hydrogen) atoms. The molecule has 2 atom stereocenters. The van der Waals surface area contributed by atoms with Gasteiger partial charge in [-0.2, -0.15) is 0 Å². The fraction of sp³-hybridized carbons (Fsp3) is 0.385. The monoisotopic (exact) mass is 235 g/mol. The van der Waals surface area contributed by atoms with Gasteiger partial charge < -0.3 is 10.2 Å². The molecule has 0 bridgehead atoms. The highest BCUT2D eigenvalue weighted by molar-refractivity contribution is 5.86. The van der Waals surface area contributed by atoms with E-state index in [4.69, 9.17) is 5.11 Å². The van der Waals surface area contributed by atoms with Gasteiger partial charge in [0.2, 0.25) is 0 Å². The van der Waals surface area contributed by atoms with Crippen LogP contribution in [-0.2, 0) is 4.79 Å². The lowest BCUT2D eigenvalue weighted by molar-refractivity contribution is -0.139. The standard InChI is InChI=1S/C13H17NO3/c1-3-9(2)12(13(16)17)14-8-10-6-4-5-7-11(10)15/h4-9,12,15H,3H2,1-2H3,(H,16,17)/t9-,12-/m1/s1. The molecule has 0 radical (unpaired) electrons. The summed E-state index contributed by atoms with van der Waals surface area (Å²) in [6.07, 6.45) is 2.16. The molecule has 0 unspecified atom stereocenters. The molecule has 0 saturated heterocycles. The molecule has 1 aromatic rings. The summed E-state index contributed by atoms with van der Waals surface area (Å²) in [5.41, 5.74) is 0.530. The normalized spacial score (nSPS) is 14.7. The van der Waals surface area contributed by atoms with Crippen molar-refractivity contribution in [3.63, 3.8) is 0 Å². The summed E-state index contributed by atoms with van der Waals surface area (Å²) in [6.45, 7) is 3.77. The van der Waals surface area contributed by atoms with Crippen molar-refractivity contribution in [2.24, 2.45) is 10.9 Å². The summed E-state index contributed by atoms with van der Waals surface area (Å²) in [5, 5.41) is 18.6. The molecule has 4 nitrogen and oxygen atoms in total. The van der Waals surface area contributed by atoms with Crippen molar-refractivity contribution < 1.29 is 15.0 Å². The van der Waals surface area contributed by atoms with Gasteiger partial charge in [0.05, 0.1) is 0 Å². The SMILES string of the molecule is CC[C@@H](C)[C@@H](N=Cc1ccccc1O)C(=O)O. The minimum absolute atomic E-state index is 0.0328. The fourth-order valence-electron chi connectivity index (χ4n) is 1.43. The zero-order chi connectivity index (χ0) is 12.8. The molecule has 92 valence electrons. The summed E-state index contributed by atoms with van der Waals surface area (Å²) >= 11 is 0. The maximum atomic E-state index is 11.0. The predicted molar refractivity (Wildman–Crippen MR) is 66.6 cm³/mol. The van der Waals surface area contributed by atoms with Crippen molar-refractivity contribution in [1.29, 1.82) is 0 Å². The molecule has 0 aromatic heterocycles. The Morgan fingerprint density at radius 3 is 2.65 bits per heavy atom. The molecule has 0 aliphatic carbocycles. The number of carbonyl (C=O) groups is 1. The molecule has 0 aliphatic rings. The number of aromatic hydroxyl groups is 1. The molecule has 1 aromatic carbocycles. The number of carboxylic acid groups (broad SMARTS) is 1. The summed E-state index contributed by atoms with van der Waals surface area (Å²) in [6, 6.07) is 5.94. The number of hydrogen-bond acceptors (Lipinski definition) is 3. The Balaban J connectivity index is 2.87. The van der Waals surface area contributed by atoms with Crippen LogP contribution in [0.5, 0.6) is 5.75 Å². The van der Waals surface area contributed by atoms with E-state index in [9.17, 15) is 9.90 Å². The number of aliphatic imine (C=N–C) groups is 1. The van der Waals surface area contributed by atoms with Gasteiger partial charge in [-0.25, -0.2) is 4.79 Å². The van der Waals surface area contributed by atoms with Gasteiger partial charge in [0.15, 0.2) is 0 Å². The van der Waals surface area contributed by atoms with Gasteiger partial charge in [-0.15, -0.1) is 0 Å². The third kappa shape index (κ3) is 3.59. The third-order valence-electron chi connectivity index (χ3n) is 2.75. The Morgan fingerprint density at radius 1 is 1.47 bits per heavy atom. The highest BCUT2D eigenvalue weighted by Crippen LogP contribution is 2.15. The molecular weight excluding hydrogens is 218 g/mol. The van der Waals surface area contributed by atoms with Gasteiger partial charge in [-0.1, -0.05) is 32.4 Å². The number of phenolic OH excluding ortho intramolecular Hbond substituents is 1. The van der Waals surface area contributed by atoms with Crippen LogP contribution in [0.25, 0.3) is 0 Å². The lowest BCUT2D eigenvalue weighted by Crippen LogP contribution is -2.25. The predicted octanol–water partition coefficient (Wildman–Crippen LogP) is 2.31. The molecule has 0 aliphatic heterocycles. The molecule has 0 saturated carbocycles. The first-order chi connectivity index (χ1) is 8.06. The number of benzene rings is 1. The Labute approximate surface area is 101 Å². The van der Waals surface area contributed by atoms with E-state index in [1.807, 2.05) is 13.8 Å². The number of phenols is 1. The van der Waals surface area contributed by atoms with Crippen LogP contribution < -0.4 is 0 Å². The van der Waals surface area contributed by atoms with Crippen LogP contribution in [0.4, 0.5) is 0 Å². The number of hydrogen-bond donors (Lipinski definition) is 2. The largest absolute Gasteiger partial charge is 0.507 e. The molecule has 0 fully saturated rings. The summed E-state index contributed by atoms with van der Waals surface area (Å²) in [4.78, 5) is 15.1. The summed E-state index contributed by atoms with van der Waals surface area (Å²) in [7, 11) is 0. The second-order valence-corrected chi connectivity index (χ2v) is 4.01. The number of carboxylic acids is 1. The first-order valence-electron chi connectivity index (χ1n) is 5.60. The van der Waals surface area contributed by atoms with E-state index in [1.165, 1.54) is 6.21 Å². The Morgan fingerprint density at radius 2 is 2.12 bits per heavy atom. The molecule has 4 heteroatoms. The average Bonchev–Trinajstić information content (AvgIpc) is 2.30. The van der Waals surface area contributed by atoms with Gasteiger partial charge >= 0.3 is 5.97 Å². The zero-order valence-corrected chi connectivity index (χ0v) is 10.00. The van der Waals surface area contributed by atoms with Crippen LogP contribution >= 0.6 is 0 Å². The third-order valence-corrected chi connectivity index (χ3v) is 2.75. The van der Waals surface area contributed by atoms with E-state index in [0.29, 0.717) is 5.56 Å². The van der Waals surface area contributed by atoms with Crippen LogP contribution in [0.15, 0.2) is 29.3 Å². The molecular formula is C13H17NO3. The van der Waals surface area contributed by atoms with Gasteiger partial charge in [-0.3, -0.25) is 4.99 Å². The van der Waals surface area contributed by atoms with Gasteiger partial charge in [0.25, 0.3) is 0 Å².